The first-order valence-electron chi connectivity index (χ1n) is 6.28. The predicted octanol–water partition coefficient (Wildman–Crippen LogP) is 3.16. The highest BCUT2D eigenvalue weighted by atomic mass is 79.9. The first-order valence-corrected chi connectivity index (χ1v) is 8.06. The fourth-order valence-corrected chi connectivity index (χ4v) is 3.47. The number of benzene rings is 1. The minimum atomic E-state index is -0.212. The van der Waals surface area contributed by atoms with Gasteiger partial charge in [0.15, 0.2) is 4.60 Å². The van der Waals surface area contributed by atoms with Gasteiger partial charge in [0.2, 0.25) is 0 Å². The van der Waals surface area contributed by atoms with Gasteiger partial charge in [-0.15, -0.1) is 16.9 Å². The van der Waals surface area contributed by atoms with E-state index in [9.17, 15) is 4.39 Å². The molecule has 1 atom stereocenters. The Labute approximate surface area is 130 Å². The Hall–Kier alpha value is -0.920. The summed E-state index contributed by atoms with van der Waals surface area (Å²) < 4.78 is 15.4. The molecule has 1 heterocycles. The highest BCUT2D eigenvalue weighted by Crippen LogP contribution is 2.27. The third-order valence-electron chi connectivity index (χ3n) is 2.84. The molecule has 1 N–H and O–H groups in total. The Morgan fingerprint density at radius 2 is 2.10 bits per heavy atom. The first-order chi connectivity index (χ1) is 9.61. The van der Waals surface area contributed by atoms with Crippen LogP contribution in [0.3, 0.4) is 0 Å². The van der Waals surface area contributed by atoms with Crippen LogP contribution in [0.25, 0.3) is 0 Å². The molecule has 4 nitrogen and oxygen atoms in total. The second-order valence-corrected chi connectivity index (χ2v) is 6.11. The molecule has 0 bridgehead atoms. The second kappa shape index (κ2) is 7.19. The maximum Gasteiger partial charge on any atom is 0.153 e. The van der Waals surface area contributed by atoms with Crippen LogP contribution >= 0.6 is 27.7 Å². The SMILES string of the molecule is CCNC(CSc1ccc(F)cc1)c1c(Br)nnn1C. The summed E-state index contributed by atoms with van der Waals surface area (Å²) in [6, 6.07) is 6.67. The van der Waals surface area contributed by atoms with Crippen LogP contribution in [0.5, 0.6) is 0 Å². The molecule has 2 aromatic rings. The molecular formula is C13H16BrFN4S. The highest BCUT2D eigenvalue weighted by Gasteiger charge is 2.19. The van der Waals surface area contributed by atoms with Crippen molar-refractivity contribution < 1.29 is 4.39 Å². The Bertz CT molecular complexity index is 538. The average molecular weight is 359 g/mol. The number of thioether (sulfide) groups is 1. The summed E-state index contributed by atoms with van der Waals surface area (Å²) in [6.07, 6.45) is 0. The van der Waals surface area contributed by atoms with E-state index in [0.717, 1.165) is 27.5 Å². The van der Waals surface area contributed by atoms with Crippen molar-refractivity contribution in [3.63, 3.8) is 0 Å². The molecule has 2 rings (SSSR count). The molecular weight excluding hydrogens is 343 g/mol. The van der Waals surface area contributed by atoms with E-state index >= 15 is 0 Å². The zero-order chi connectivity index (χ0) is 14.5. The molecule has 0 aliphatic carbocycles. The molecule has 0 spiro atoms. The lowest BCUT2D eigenvalue weighted by atomic mass is 10.2. The fraction of sp³-hybridized carbons (Fsp3) is 0.385. The van der Waals surface area contributed by atoms with Crippen LogP contribution in [0.15, 0.2) is 33.8 Å². The smallest absolute Gasteiger partial charge is 0.153 e. The van der Waals surface area contributed by atoms with Crippen LogP contribution in [0, 0.1) is 5.82 Å². The first kappa shape index (κ1) is 15.5. The van der Waals surface area contributed by atoms with E-state index in [4.69, 9.17) is 0 Å². The summed E-state index contributed by atoms with van der Waals surface area (Å²) in [6.45, 7) is 2.92. The number of rotatable bonds is 6. The molecule has 20 heavy (non-hydrogen) atoms. The van der Waals surface area contributed by atoms with Gasteiger partial charge in [-0.25, -0.2) is 9.07 Å². The van der Waals surface area contributed by atoms with Crippen LogP contribution in [0.1, 0.15) is 18.7 Å². The number of aromatic nitrogens is 3. The topological polar surface area (TPSA) is 42.7 Å². The van der Waals surface area contributed by atoms with Crippen molar-refractivity contribution >= 4 is 27.7 Å². The highest BCUT2D eigenvalue weighted by molar-refractivity contribution is 9.10. The Morgan fingerprint density at radius 1 is 1.40 bits per heavy atom. The summed E-state index contributed by atoms with van der Waals surface area (Å²) >= 11 is 5.10. The summed E-state index contributed by atoms with van der Waals surface area (Å²) in [4.78, 5) is 1.04. The lowest BCUT2D eigenvalue weighted by Gasteiger charge is -2.17. The largest absolute Gasteiger partial charge is 0.308 e. The van der Waals surface area contributed by atoms with Crippen LogP contribution < -0.4 is 5.32 Å². The van der Waals surface area contributed by atoms with Crippen LogP contribution in [-0.4, -0.2) is 27.3 Å². The van der Waals surface area contributed by atoms with Gasteiger partial charge in [0, 0.05) is 17.7 Å². The molecule has 1 aromatic carbocycles. The number of aryl methyl sites for hydroxylation is 1. The van der Waals surface area contributed by atoms with E-state index in [2.05, 4.69) is 38.5 Å². The van der Waals surface area contributed by atoms with Gasteiger partial charge in [0.1, 0.15) is 5.82 Å². The van der Waals surface area contributed by atoms with Gasteiger partial charge in [0.25, 0.3) is 0 Å². The number of halogens is 2. The Balaban J connectivity index is 2.08. The van der Waals surface area contributed by atoms with Gasteiger partial charge in [-0.05, 0) is 46.7 Å². The van der Waals surface area contributed by atoms with E-state index in [-0.39, 0.29) is 11.9 Å². The fourth-order valence-electron chi connectivity index (χ4n) is 1.90. The Kier molecular flexibility index (Phi) is 5.56. The normalized spacial score (nSPS) is 12.6. The third kappa shape index (κ3) is 3.80. The standard InChI is InChI=1S/C13H16BrFN4S/c1-3-16-11(12-13(14)17-18-19(12)2)8-20-10-6-4-9(15)5-7-10/h4-7,11,16H,3,8H2,1-2H3. The van der Waals surface area contributed by atoms with Gasteiger partial charge in [-0.1, -0.05) is 12.1 Å². The van der Waals surface area contributed by atoms with Crippen LogP contribution in [0.4, 0.5) is 4.39 Å². The third-order valence-corrected chi connectivity index (χ3v) is 4.51. The molecule has 108 valence electrons. The molecule has 1 unspecified atom stereocenters. The number of hydrogen-bond acceptors (Lipinski definition) is 4. The van der Waals surface area contributed by atoms with Gasteiger partial charge in [0.05, 0.1) is 11.7 Å². The number of hydrogen-bond donors (Lipinski definition) is 1. The van der Waals surface area contributed by atoms with E-state index in [1.165, 1.54) is 12.1 Å². The second-order valence-electron chi connectivity index (χ2n) is 4.26. The molecule has 0 fully saturated rings. The average Bonchev–Trinajstić information content (AvgIpc) is 2.76. The minimum absolute atomic E-state index is 0.129. The summed E-state index contributed by atoms with van der Waals surface area (Å²) in [5, 5.41) is 11.4. The zero-order valence-electron chi connectivity index (χ0n) is 11.3. The van der Waals surface area contributed by atoms with Gasteiger partial charge in [-0.2, -0.15) is 0 Å². The summed E-state index contributed by atoms with van der Waals surface area (Å²) in [7, 11) is 1.87. The molecule has 7 heteroatoms. The van der Waals surface area contributed by atoms with E-state index in [0.29, 0.717) is 0 Å². The van der Waals surface area contributed by atoms with Crippen molar-refractivity contribution in [3.8, 4) is 0 Å². The van der Waals surface area contributed by atoms with Crippen molar-refractivity contribution in [2.24, 2.45) is 7.05 Å². The van der Waals surface area contributed by atoms with Crippen molar-refractivity contribution in [3.05, 3.63) is 40.4 Å². The molecule has 0 aliphatic heterocycles. The quantitative estimate of drug-likeness (QED) is 0.805. The van der Waals surface area contributed by atoms with Crippen molar-refractivity contribution in [1.29, 1.82) is 0 Å². The predicted molar refractivity (Wildman–Crippen MR) is 82.2 cm³/mol. The van der Waals surface area contributed by atoms with E-state index in [1.54, 1.807) is 28.6 Å². The van der Waals surface area contributed by atoms with E-state index in [1.807, 2.05) is 7.05 Å². The molecule has 0 saturated carbocycles. The van der Waals surface area contributed by atoms with Crippen molar-refractivity contribution in [2.75, 3.05) is 12.3 Å². The molecule has 0 radical (unpaired) electrons. The van der Waals surface area contributed by atoms with Gasteiger partial charge >= 0.3 is 0 Å². The van der Waals surface area contributed by atoms with Crippen LogP contribution in [0.2, 0.25) is 0 Å². The number of nitrogens with one attached hydrogen (secondary N) is 1. The maximum atomic E-state index is 12.9. The van der Waals surface area contributed by atoms with Gasteiger partial charge in [-0.3, -0.25) is 0 Å². The summed E-state index contributed by atoms with van der Waals surface area (Å²) in [5.41, 5.74) is 1.02. The van der Waals surface area contributed by atoms with Gasteiger partial charge < -0.3 is 5.32 Å². The Morgan fingerprint density at radius 3 is 2.65 bits per heavy atom. The lowest BCUT2D eigenvalue weighted by molar-refractivity contribution is 0.548. The maximum absolute atomic E-state index is 12.9. The molecule has 0 amide bonds. The van der Waals surface area contributed by atoms with Crippen LogP contribution in [-0.2, 0) is 7.05 Å². The molecule has 0 aliphatic rings. The molecule has 0 saturated heterocycles. The van der Waals surface area contributed by atoms with Crippen molar-refractivity contribution in [1.82, 2.24) is 20.3 Å². The lowest BCUT2D eigenvalue weighted by Crippen LogP contribution is -2.25. The molecule has 1 aromatic heterocycles. The van der Waals surface area contributed by atoms with Crippen molar-refractivity contribution in [2.45, 2.75) is 17.9 Å². The summed E-state index contributed by atoms with van der Waals surface area (Å²) in [5.74, 6) is 0.607. The minimum Gasteiger partial charge on any atom is -0.308 e. The number of nitrogens with zero attached hydrogens (tertiary/aromatic N) is 3. The monoisotopic (exact) mass is 358 g/mol. The van der Waals surface area contributed by atoms with E-state index < -0.39 is 0 Å². The zero-order valence-corrected chi connectivity index (χ0v) is 13.7.